The maximum Gasteiger partial charge on any atom is 0.419 e. The smallest absolute Gasteiger partial charge is 0.321 e. The number of anilines is 2. The van der Waals surface area contributed by atoms with Crippen LogP contribution in [0.4, 0.5) is 24.7 Å². The highest BCUT2D eigenvalue weighted by molar-refractivity contribution is 5.91. The summed E-state index contributed by atoms with van der Waals surface area (Å²) in [6, 6.07) is 8.38. The van der Waals surface area contributed by atoms with Crippen LogP contribution in [0.1, 0.15) is 16.7 Å². The zero-order valence-electron chi connectivity index (χ0n) is 16.0. The molecule has 0 atom stereocenters. The van der Waals surface area contributed by atoms with E-state index in [1.165, 1.54) is 11.6 Å². The lowest BCUT2D eigenvalue weighted by Gasteiger charge is -2.28. The second-order valence-corrected chi connectivity index (χ2v) is 7.22. The number of hydrogen-bond donors (Lipinski definition) is 2. The fourth-order valence-electron chi connectivity index (χ4n) is 3.28. The highest BCUT2D eigenvalue weighted by Gasteiger charge is 2.33. The zero-order chi connectivity index (χ0) is 20.3. The molecule has 1 aromatic heterocycles. The van der Waals surface area contributed by atoms with Gasteiger partial charge in [-0.3, -0.25) is 9.69 Å². The molecule has 0 saturated carbocycles. The van der Waals surface area contributed by atoms with Gasteiger partial charge in [0.15, 0.2) is 6.54 Å². The number of pyridine rings is 1. The number of rotatable bonds is 4. The summed E-state index contributed by atoms with van der Waals surface area (Å²) in [4.78, 5) is 18.2. The number of aromatic nitrogens is 1. The van der Waals surface area contributed by atoms with Crippen molar-refractivity contribution >= 4 is 17.4 Å². The predicted molar refractivity (Wildman–Crippen MR) is 100 cm³/mol. The molecule has 1 saturated heterocycles. The van der Waals surface area contributed by atoms with Crippen LogP contribution in [0, 0.1) is 13.8 Å². The van der Waals surface area contributed by atoms with Crippen molar-refractivity contribution in [3.63, 3.8) is 0 Å². The minimum Gasteiger partial charge on any atom is -0.321 e. The average Bonchev–Trinajstić information content (AvgIpc) is 2.65. The van der Waals surface area contributed by atoms with Gasteiger partial charge in [0.2, 0.25) is 0 Å². The van der Waals surface area contributed by atoms with Gasteiger partial charge in [0.25, 0.3) is 11.7 Å². The van der Waals surface area contributed by atoms with Crippen LogP contribution in [0.3, 0.4) is 0 Å². The molecule has 1 aliphatic rings. The molecule has 1 aliphatic heterocycles. The molecule has 0 spiro atoms. The van der Waals surface area contributed by atoms with Gasteiger partial charge in [-0.25, -0.2) is 4.98 Å². The zero-order valence-corrected chi connectivity index (χ0v) is 16.0. The molecular formula is C20H25F3N4O+2. The molecule has 2 heterocycles. The Balaban J connectivity index is 1.49. The number of quaternary nitrogens is 1. The van der Waals surface area contributed by atoms with Gasteiger partial charge in [-0.1, -0.05) is 6.07 Å². The molecule has 0 aliphatic carbocycles. The van der Waals surface area contributed by atoms with Crippen LogP contribution >= 0.6 is 0 Å². The summed E-state index contributed by atoms with van der Waals surface area (Å²) in [6.45, 7) is 7.25. The number of benzene rings is 1. The molecule has 0 bridgehead atoms. The van der Waals surface area contributed by atoms with E-state index in [1.54, 1.807) is 0 Å². The monoisotopic (exact) mass is 394 g/mol. The number of aromatic amines is 1. The van der Waals surface area contributed by atoms with Gasteiger partial charge in [0, 0.05) is 11.8 Å². The number of amides is 1. The van der Waals surface area contributed by atoms with E-state index < -0.39 is 11.7 Å². The molecular weight excluding hydrogens is 369 g/mol. The molecule has 28 heavy (non-hydrogen) atoms. The Kier molecular flexibility index (Phi) is 5.88. The van der Waals surface area contributed by atoms with Crippen molar-refractivity contribution in [2.45, 2.75) is 20.0 Å². The molecule has 8 heteroatoms. The van der Waals surface area contributed by atoms with Gasteiger partial charge >= 0.3 is 6.18 Å². The summed E-state index contributed by atoms with van der Waals surface area (Å²) in [6.07, 6.45) is -3.35. The Labute approximate surface area is 162 Å². The third kappa shape index (κ3) is 5.01. The molecule has 0 unspecified atom stereocenters. The molecule has 5 nitrogen and oxygen atoms in total. The topological polar surface area (TPSA) is 50.9 Å². The van der Waals surface area contributed by atoms with E-state index in [9.17, 15) is 18.0 Å². The number of nitrogens with one attached hydrogen (secondary N) is 3. The SMILES string of the molecule is Cc1ccc(NC(=O)C[NH+]2CCN(c3ccc(C(F)(F)F)c[nH+]3)CC2)cc1C. The van der Waals surface area contributed by atoms with Crippen molar-refractivity contribution in [3.8, 4) is 0 Å². The van der Waals surface area contributed by atoms with Crippen molar-refractivity contribution in [2.75, 3.05) is 42.9 Å². The van der Waals surface area contributed by atoms with E-state index in [-0.39, 0.29) is 5.91 Å². The summed E-state index contributed by atoms with van der Waals surface area (Å²) < 4.78 is 38.0. The molecule has 3 rings (SSSR count). The Morgan fingerprint density at radius 3 is 2.43 bits per heavy atom. The number of nitrogens with zero attached hydrogens (tertiary/aromatic N) is 1. The molecule has 150 valence electrons. The number of halogens is 3. The maximum absolute atomic E-state index is 12.7. The maximum atomic E-state index is 12.7. The first-order valence-corrected chi connectivity index (χ1v) is 9.27. The fraction of sp³-hybridized carbons (Fsp3) is 0.400. The Hall–Kier alpha value is -2.61. The van der Waals surface area contributed by atoms with Gasteiger partial charge in [0.05, 0.1) is 5.56 Å². The van der Waals surface area contributed by atoms with E-state index in [4.69, 9.17) is 0 Å². The first-order chi connectivity index (χ1) is 13.2. The summed E-state index contributed by atoms with van der Waals surface area (Å²) in [5.74, 6) is 0.624. The van der Waals surface area contributed by atoms with Crippen molar-refractivity contribution < 1.29 is 27.8 Å². The Morgan fingerprint density at radius 1 is 1.14 bits per heavy atom. The van der Waals surface area contributed by atoms with E-state index in [0.717, 1.165) is 41.5 Å². The Morgan fingerprint density at radius 2 is 1.86 bits per heavy atom. The van der Waals surface area contributed by atoms with Crippen molar-refractivity contribution in [1.29, 1.82) is 0 Å². The van der Waals surface area contributed by atoms with Gasteiger partial charge < -0.3 is 10.2 Å². The van der Waals surface area contributed by atoms with Crippen LogP contribution in [0.25, 0.3) is 0 Å². The average molecular weight is 394 g/mol. The lowest BCUT2D eigenvalue weighted by atomic mass is 10.1. The minimum absolute atomic E-state index is 0.0344. The predicted octanol–water partition coefficient (Wildman–Crippen LogP) is 1.48. The van der Waals surface area contributed by atoms with Crippen molar-refractivity contribution in [3.05, 3.63) is 53.2 Å². The van der Waals surface area contributed by atoms with Crippen LogP contribution in [0.2, 0.25) is 0 Å². The van der Waals surface area contributed by atoms with Crippen LogP contribution in [0.5, 0.6) is 0 Å². The standard InChI is InChI=1S/C20H23F3N4O/c1-14-3-5-17(11-15(14)2)25-19(28)13-26-7-9-27(10-8-26)18-6-4-16(12-24-18)20(21,22)23/h3-6,11-12H,7-10,13H2,1-2H3,(H,25,28)/p+2. The fourth-order valence-corrected chi connectivity index (χ4v) is 3.28. The third-order valence-electron chi connectivity index (χ3n) is 5.14. The van der Waals surface area contributed by atoms with Crippen LogP contribution in [0.15, 0.2) is 36.5 Å². The van der Waals surface area contributed by atoms with Gasteiger partial charge in [-0.2, -0.15) is 13.2 Å². The van der Waals surface area contributed by atoms with Crippen LogP contribution < -0.4 is 20.1 Å². The quantitative estimate of drug-likeness (QED) is 0.826. The second kappa shape index (κ2) is 8.18. The third-order valence-corrected chi connectivity index (χ3v) is 5.14. The number of hydrogen-bond acceptors (Lipinski definition) is 2. The van der Waals surface area contributed by atoms with Crippen LogP contribution in [-0.4, -0.2) is 38.6 Å². The van der Waals surface area contributed by atoms with Gasteiger partial charge in [0.1, 0.15) is 32.4 Å². The second-order valence-electron chi connectivity index (χ2n) is 7.22. The molecule has 1 amide bonds. The Bertz CT molecular complexity index is 828. The van der Waals surface area contributed by atoms with Crippen LogP contribution in [-0.2, 0) is 11.0 Å². The first kappa shape index (κ1) is 20.1. The molecule has 1 fully saturated rings. The number of H-pyrrole nitrogens is 1. The number of piperazine rings is 1. The molecule has 1 aromatic carbocycles. The van der Waals surface area contributed by atoms with Gasteiger partial charge in [-0.15, -0.1) is 0 Å². The number of carbonyl (C=O) groups excluding carboxylic acids is 1. The van der Waals surface area contributed by atoms with E-state index >= 15 is 0 Å². The lowest BCUT2D eigenvalue weighted by Crippen LogP contribution is -3.15. The molecule has 3 N–H and O–H groups in total. The number of aryl methyl sites for hydroxylation is 2. The van der Waals surface area contributed by atoms with E-state index in [2.05, 4.69) is 10.3 Å². The summed E-state index contributed by atoms with van der Waals surface area (Å²) in [7, 11) is 0. The normalized spacial score (nSPS) is 15.5. The summed E-state index contributed by atoms with van der Waals surface area (Å²) in [5, 5.41) is 2.93. The van der Waals surface area contributed by atoms with Crippen molar-refractivity contribution in [2.24, 2.45) is 0 Å². The van der Waals surface area contributed by atoms with E-state index in [0.29, 0.717) is 25.5 Å². The molecule has 2 aromatic rings. The lowest BCUT2D eigenvalue weighted by molar-refractivity contribution is -0.892. The van der Waals surface area contributed by atoms with E-state index in [1.807, 2.05) is 36.9 Å². The number of carbonyl (C=O) groups is 1. The summed E-state index contributed by atoms with van der Waals surface area (Å²) in [5.41, 5.74) is 2.42. The first-order valence-electron chi connectivity index (χ1n) is 9.27. The summed E-state index contributed by atoms with van der Waals surface area (Å²) >= 11 is 0. The largest absolute Gasteiger partial charge is 0.419 e. The van der Waals surface area contributed by atoms with Gasteiger partial charge in [-0.05, 0) is 43.2 Å². The van der Waals surface area contributed by atoms with Crippen molar-refractivity contribution in [1.82, 2.24) is 0 Å². The highest BCUT2D eigenvalue weighted by Crippen LogP contribution is 2.28. The number of alkyl halides is 3. The highest BCUT2D eigenvalue weighted by atomic mass is 19.4. The molecule has 0 radical (unpaired) electrons. The minimum atomic E-state index is -4.35.